The van der Waals surface area contributed by atoms with Gasteiger partial charge in [-0.3, -0.25) is 19.0 Å². The number of fused-ring (bicyclic) bond motifs is 7. The highest BCUT2D eigenvalue weighted by molar-refractivity contribution is 6.04. The van der Waals surface area contributed by atoms with Gasteiger partial charge in [-0.25, -0.2) is 4.98 Å². The standard InChI is InChI=1S/C40H47N3O3/c1-35(2)15-17-40(34(46)43-20-19-42-33(43)25-11-9-8-10-12-25)18-16-39(7)31(27(40)23-35)28(44)21-30-37(5)22-26(24-41)32(45)36(3,4)29(37)13-14-38(30,39)6/h8-12,19-22,27,29,31H,13-18,23H2,1-7H3. The van der Waals surface area contributed by atoms with E-state index in [0.717, 1.165) is 56.1 Å². The second-order valence-electron chi connectivity index (χ2n) is 17.2. The SMILES string of the molecule is CC1(C)CCC2(C(=O)n3ccnc3-c3ccccc3)CCC3(C)C(C(=O)C=C4C5(C)C=C(C#N)C(=O)C(C)(C)C5CCC43C)C2C1. The minimum Gasteiger partial charge on any atom is -0.295 e. The molecule has 0 spiro atoms. The lowest BCUT2D eigenvalue weighted by Crippen LogP contribution is -2.66. The molecular weight excluding hydrogens is 570 g/mol. The number of hydrogen-bond acceptors (Lipinski definition) is 5. The molecule has 3 fully saturated rings. The van der Waals surface area contributed by atoms with Crippen LogP contribution in [0, 0.1) is 61.6 Å². The predicted octanol–water partition coefficient (Wildman–Crippen LogP) is 8.41. The Balaban J connectivity index is 1.37. The fraction of sp³-hybridized carbons (Fsp3) is 0.575. The topological polar surface area (TPSA) is 92.8 Å². The summed E-state index contributed by atoms with van der Waals surface area (Å²) in [7, 11) is 0. The molecule has 0 N–H and O–H groups in total. The second kappa shape index (κ2) is 9.72. The van der Waals surface area contributed by atoms with Gasteiger partial charge in [-0.05, 0) is 79.1 Å². The minimum absolute atomic E-state index is 0.00685. The lowest BCUT2D eigenvalue weighted by atomic mass is 9.34. The van der Waals surface area contributed by atoms with Crippen molar-refractivity contribution in [1.82, 2.24) is 9.55 Å². The fourth-order valence-electron chi connectivity index (χ4n) is 11.5. The lowest BCUT2D eigenvalue weighted by molar-refractivity contribution is -0.164. The van der Waals surface area contributed by atoms with Gasteiger partial charge in [0.2, 0.25) is 5.91 Å². The number of ketones is 2. The Morgan fingerprint density at radius 2 is 1.65 bits per heavy atom. The van der Waals surface area contributed by atoms with Gasteiger partial charge in [-0.15, -0.1) is 0 Å². The van der Waals surface area contributed by atoms with E-state index in [4.69, 9.17) is 0 Å². The molecule has 5 aliphatic carbocycles. The van der Waals surface area contributed by atoms with Gasteiger partial charge in [-0.1, -0.05) is 90.4 Å². The monoisotopic (exact) mass is 617 g/mol. The maximum atomic E-state index is 15.0. The smallest absolute Gasteiger partial charge is 0.238 e. The maximum absolute atomic E-state index is 15.0. The van der Waals surface area contributed by atoms with Gasteiger partial charge in [0.05, 0.1) is 11.0 Å². The number of aromatic nitrogens is 2. The Kier molecular flexibility index (Phi) is 6.56. The summed E-state index contributed by atoms with van der Waals surface area (Å²) in [4.78, 5) is 47.9. The number of carbonyl (C=O) groups excluding carboxylic acids is 3. The van der Waals surface area contributed by atoms with Crippen LogP contribution in [0.4, 0.5) is 0 Å². The number of carbonyl (C=O) groups is 3. The van der Waals surface area contributed by atoms with Gasteiger partial charge in [0, 0.05) is 34.7 Å². The third kappa shape index (κ3) is 3.87. The highest BCUT2D eigenvalue weighted by Crippen LogP contribution is 2.74. The zero-order valence-corrected chi connectivity index (χ0v) is 28.4. The fourth-order valence-corrected chi connectivity index (χ4v) is 11.5. The van der Waals surface area contributed by atoms with Crippen LogP contribution >= 0.6 is 0 Å². The quantitative estimate of drug-likeness (QED) is 0.337. The molecule has 7 rings (SSSR count). The number of rotatable bonds is 2. The number of nitriles is 1. The van der Waals surface area contributed by atoms with Crippen molar-refractivity contribution >= 4 is 17.5 Å². The van der Waals surface area contributed by atoms with Gasteiger partial charge in [0.1, 0.15) is 11.9 Å². The van der Waals surface area contributed by atoms with Crippen LogP contribution in [0.5, 0.6) is 0 Å². The number of benzene rings is 1. The molecule has 0 bridgehead atoms. The van der Waals surface area contributed by atoms with Crippen molar-refractivity contribution in [2.75, 3.05) is 0 Å². The summed E-state index contributed by atoms with van der Waals surface area (Å²) in [6.45, 7) is 15.4. The first-order valence-corrected chi connectivity index (χ1v) is 17.1. The van der Waals surface area contributed by atoms with Crippen molar-refractivity contribution in [2.45, 2.75) is 93.4 Å². The molecule has 6 heteroatoms. The van der Waals surface area contributed by atoms with Crippen LogP contribution in [-0.2, 0) is 9.59 Å². The van der Waals surface area contributed by atoms with Crippen LogP contribution in [0.25, 0.3) is 11.4 Å². The van der Waals surface area contributed by atoms with Gasteiger partial charge >= 0.3 is 0 Å². The molecular formula is C40H47N3O3. The average Bonchev–Trinajstić information content (AvgIpc) is 3.50. The molecule has 0 saturated heterocycles. The van der Waals surface area contributed by atoms with Crippen molar-refractivity contribution in [1.29, 1.82) is 5.26 Å². The summed E-state index contributed by atoms with van der Waals surface area (Å²) in [6, 6.07) is 12.1. The summed E-state index contributed by atoms with van der Waals surface area (Å²) in [5.74, 6) is 0.369. The van der Waals surface area contributed by atoms with Crippen LogP contribution in [-0.4, -0.2) is 27.0 Å². The average molecular weight is 618 g/mol. The molecule has 1 aromatic heterocycles. The van der Waals surface area contributed by atoms with Crippen molar-refractivity contribution in [2.24, 2.45) is 50.2 Å². The summed E-state index contributed by atoms with van der Waals surface area (Å²) >= 11 is 0. The first kappa shape index (κ1) is 31.0. The Morgan fingerprint density at radius 1 is 0.957 bits per heavy atom. The third-order valence-corrected chi connectivity index (χ3v) is 14.2. The van der Waals surface area contributed by atoms with Crippen LogP contribution < -0.4 is 0 Å². The van der Waals surface area contributed by atoms with Gasteiger partial charge in [-0.2, -0.15) is 5.26 Å². The normalized spacial score (nSPS) is 39.0. The molecule has 0 aliphatic heterocycles. The van der Waals surface area contributed by atoms with Gasteiger partial charge in [0.15, 0.2) is 11.6 Å². The van der Waals surface area contributed by atoms with Gasteiger partial charge in [0.25, 0.3) is 0 Å². The van der Waals surface area contributed by atoms with Crippen LogP contribution in [0.1, 0.15) is 98.2 Å². The second-order valence-corrected chi connectivity index (χ2v) is 17.2. The summed E-state index contributed by atoms with van der Waals surface area (Å²) in [5.41, 5.74) is -0.390. The third-order valence-electron chi connectivity index (χ3n) is 14.2. The summed E-state index contributed by atoms with van der Waals surface area (Å²) in [6.07, 6.45) is 13.1. The molecule has 1 aromatic carbocycles. The summed E-state index contributed by atoms with van der Waals surface area (Å²) < 4.78 is 1.77. The number of allylic oxidation sites excluding steroid dienone is 4. The largest absolute Gasteiger partial charge is 0.295 e. The molecule has 7 atom stereocenters. The van der Waals surface area contributed by atoms with Crippen molar-refractivity contribution < 1.29 is 14.4 Å². The van der Waals surface area contributed by atoms with E-state index in [0.29, 0.717) is 5.82 Å². The Labute approximate surface area is 273 Å². The highest BCUT2D eigenvalue weighted by atomic mass is 16.2. The van der Waals surface area contributed by atoms with Crippen LogP contribution in [0.3, 0.4) is 0 Å². The van der Waals surface area contributed by atoms with E-state index in [9.17, 15) is 14.9 Å². The Morgan fingerprint density at radius 3 is 2.35 bits per heavy atom. The number of hydrogen-bond donors (Lipinski definition) is 0. The molecule has 46 heavy (non-hydrogen) atoms. The first-order chi connectivity index (χ1) is 21.6. The van der Waals surface area contributed by atoms with Crippen LogP contribution in [0.15, 0.2) is 66.0 Å². The number of nitrogens with zero attached hydrogens (tertiary/aromatic N) is 3. The Hall–Kier alpha value is -3.59. The first-order valence-electron chi connectivity index (χ1n) is 17.1. The van der Waals surface area contributed by atoms with E-state index in [2.05, 4.69) is 45.7 Å². The number of imidazole rings is 1. The maximum Gasteiger partial charge on any atom is 0.238 e. The number of Topliss-reactive ketones (excluding diaryl/α,β-unsaturated/α-hetero) is 1. The summed E-state index contributed by atoms with van der Waals surface area (Å²) in [5, 5.41) is 10.0. The Bertz CT molecular complexity index is 1770. The van der Waals surface area contributed by atoms with Crippen molar-refractivity contribution in [3.63, 3.8) is 0 Å². The van der Waals surface area contributed by atoms with E-state index in [-0.39, 0.29) is 57.0 Å². The van der Waals surface area contributed by atoms with Crippen molar-refractivity contribution in [3.8, 4) is 17.5 Å². The zero-order chi connectivity index (χ0) is 33.1. The predicted molar refractivity (Wildman–Crippen MR) is 177 cm³/mol. The molecule has 3 saturated carbocycles. The minimum atomic E-state index is -0.694. The van der Waals surface area contributed by atoms with Gasteiger partial charge < -0.3 is 0 Å². The van der Waals surface area contributed by atoms with Crippen LogP contribution in [0.2, 0.25) is 0 Å². The van der Waals surface area contributed by atoms with E-state index < -0.39 is 16.2 Å². The van der Waals surface area contributed by atoms with E-state index in [1.807, 2.05) is 56.3 Å². The molecule has 240 valence electrons. The lowest BCUT2D eigenvalue weighted by Gasteiger charge is -2.69. The van der Waals surface area contributed by atoms with E-state index in [1.54, 1.807) is 17.0 Å². The van der Waals surface area contributed by atoms with E-state index in [1.165, 1.54) is 0 Å². The molecule has 5 aliphatic rings. The molecule has 1 heterocycles. The highest BCUT2D eigenvalue weighted by Gasteiger charge is 2.71. The van der Waals surface area contributed by atoms with Crippen molar-refractivity contribution in [3.05, 3.63) is 66.0 Å². The molecule has 0 radical (unpaired) electrons. The zero-order valence-electron chi connectivity index (χ0n) is 28.4. The van der Waals surface area contributed by atoms with E-state index >= 15 is 4.79 Å². The molecule has 0 amide bonds. The molecule has 7 unspecified atom stereocenters. The molecule has 2 aromatic rings. The molecule has 6 nitrogen and oxygen atoms in total.